The fraction of sp³-hybridized carbons (Fsp3) is 0.200. The lowest BCUT2D eigenvalue weighted by Crippen LogP contribution is -1.78. The van der Waals surface area contributed by atoms with Crippen molar-refractivity contribution in [2.24, 2.45) is 0 Å². The van der Waals surface area contributed by atoms with Crippen LogP contribution in [0.2, 0.25) is 5.15 Å². The average Bonchev–Trinajstić information content (AvgIpc) is 2.37. The van der Waals surface area contributed by atoms with E-state index in [1.807, 2.05) is 19.1 Å². The van der Waals surface area contributed by atoms with Crippen LogP contribution in [-0.4, -0.2) is 4.98 Å². The lowest BCUT2D eigenvalue weighted by atomic mass is 10.1. The SMILES string of the molecule is Cc1c(Br)ccc2[nH]c(Cl)c(C)c12. The third kappa shape index (κ3) is 1.29. The summed E-state index contributed by atoms with van der Waals surface area (Å²) in [6.07, 6.45) is 0. The van der Waals surface area contributed by atoms with Gasteiger partial charge in [0.05, 0.1) is 0 Å². The van der Waals surface area contributed by atoms with Crippen molar-refractivity contribution >= 4 is 38.4 Å². The predicted octanol–water partition coefficient (Wildman–Crippen LogP) is 4.20. The highest BCUT2D eigenvalue weighted by atomic mass is 79.9. The Balaban J connectivity index is 2.97. The molecule has 0 bridgehead atoms. The quantitative estimate of drug-likeness (QED) is 0.729. The molecule has 0 atom stereocenters. The topological polar surface area (TPSA) is 15.8 Å². The van der Waals surface area contributed by atoms with E-state index < -0.39 is 0 Å². The molecule has 0 aliphatic rings. The monoisotopic (exact) mass is 257 g/mol. The highest BCUT2D eigenvalue weighted by Crippen LogP contribution is 2.31. The van der Waals surface area contributed by atoms with Crippen LogP contribution in [0.1, 0.15) is 11.1 Å². The van der Waals surface area contributed by atoms with Gasteiger partial charge < -0.3 is 4.98 Å². The van der Waals surface area contributed by atoms with E-state index in [4.69, 9.17) is 11.6 Å². The van der Waals surface area contributed by atoms with Crippen molar-refractivity contribution in [1.29, 1.82) is 0 Å². The number of aromatic amines is 1. The summed E-state index contributed by atoms with van der Waals surface area (Å²) in [4.78, 5) is 3.14. The number of nitrogens with one attached hydrogen (secondary N) is 1. The van der Waals surface area contributed by atoms with E-state index in [1.165, 1.54) is 10.9 Å². The molecule has 1 heterocycles. The Kier molecular flexibility index (Phi) is 2.12. The van der Waals surface area contributed by atoms with Crippen molar-refractivity contribution in [3.8, 4) is 0 Å². The maximum absolute atomic E-state index is 6.01. The number of halogens is 2. The lowest BCUT2D eigenvalue weighted by Gasteiger charge is -2.00. The molecule has 0 spiro atoms. The molecular weight excluding hydrogens is 249 g/mol. The predicted molar refractivity (Wildman–Crippen MR) is 60.5 cm³/mol. The van der Waals surface area contributed by atoms with Gasteiger partial charge in [-0.15, -0.1) is 0 Å². The van der Waals surface area contributed by atoms with Crippen LogP contribution in [0.3, 0.4) is 0 Å². The van der Waals surface area contributed by atoms with E-state index in [0.29, 0.717) is 0 Å². The van der Waals surface area contributed by atoms with Crippen LogP contribution >= 0.6 is 27.5 Å². The summed E-state index contributed by atoms with van der Waals surface area (Å²) in [5.41, 5.74) is 3.46. The van der Waals surface area contributed by atoms with Crippen LogP contribution in [-0.2, 0) is 0 Å². The normalized spacial score (nSPS) is 11.1. The molecule has 0 unspecified atom stereocenters. The third-order valence-corrected chi connectivity index (χ3v) is 3.58. The summed E-state index contributed by atoms with van der Waals surface area (Å²) in [5.74, 6) is 0. The van der Waals surface area contributed by atoms with Crippen molar-refractivity contribution in [3.63, 3.8) is 0 Å². The van der Waals surface area contributed by atoms with Gasteiger partial charge in [-0.2, -0.15) is 0 Å². The second-order valence-corrected chi connectivity index (χ2v) is 4.39. The van der Waals surface area contributed by atoms with Crippen molar-refractivity contribution in [2.75, 3.05) is 0 Å². The number of aromatic nitrogens is 1. The van der Waals surface area contributed by atoms with Gasteiger partial charge in [0.2, 0.25) is 0 Å². The first-order valence-electron chi connectivity index (χ1n) is 4.04. The van der Waals surface area contributed by atoms with Crippen molar-refractivity contribution in [1.82, 2.24) is 4.98 Å². The van der Waals surface area contributed by atoms with E-state index in [2.05, 4.69) is 27.8 Å². The summed E-state index contributed by atoms with van der Waals surface area (Å²) in [6.45, 7) is 4.12. The van der Waals surface area contributed by atoms with E-state index in [9.17, 15) is 0 Å². The number of fused-ring (bicyclic) bond motifs is 1. The van der Waals surface area contributed by atoms with E-state index in [1.54, 1.807) is 0 Å². The smallest absolute Gasteiger partial charge is 0.110 e. The Morgan fingerprint density at radius 2 is 1.92 bits per heavy atom. The van der Waals surface area contributed by atoms with Gasteiger partial charge >= 0.3 is 0 Å². The molecule has 0 fully saturated rings. The highest BCUT2D eigenvalue weighted by molar-refractivity contribution is 9.10. The zero-order valence-corrected chi connectivity index (χ0v) is 9.75. The second-order valence-electron chi connectivity index (χ2n) is 3.16. The Bertz CT molecular complexity index is 473. The van der Waals surface area contributed by atoms with E-state index in [0.717, 1.165) is 20.7 Å². The molecule has 1 aromatic heterocycles. The third-order valence-electron chi connectivity index (χ3n) is 2.35. The zero-order chi connectivity index (χ0) is 9.59. The van der Waals surface area contributed by atoms with Gasteiger partial charge in [-0.25, -0.2) is 0 Å². The molecule has 0 amide bonds. The summed E-state index contributed by atoms with van der Waals surface area (Å²) < 4.78 is 1.12. The number of hydrogen-bond donors (Lipinski definition) is 1. The van der Waals surface area contributed by atoms with Crippen LogP contribution < -0.4 is 0 Å². The largest absolute Gasteiger partial charge is 0.345 e. The Hall–Kier alpha value is -0.470. The number of aryl methyl sites for hydroxylation is 2. The number of benzene rings is 1. The molecule has 1 N–H and O–H groups in total. The van der Waals surface area contributed by atoms with Crippen LogP contribution in [0.15, 0.2) is 16.6 Å². The van der Waals surface area contributed by atoms with Gasteiger partial charge in [-0.3, -0.25) is 0 Å². The summed E-state index contributed by atoms with van der Waals surface area (Å²) in [7, 11) is 0. The minimum Gasteiger partial charge on any atom is -0.345 e. The molecule has 0 aliphatic heterocycles. The molecule has 0 saturated heterocycles. The molecule has 0 saturated carbocycles. The van der Waals surface area contributed by atoms with Gasteiger partial charge in [0.15, 0.2) is 0 Å². The Morgan fingerprint density at radius 1 is 1.23 bits per heavy atom. The summed E-state index contributed by atoms with van der Waals surface area (Å²) in [5, 5.41) is 1.95. The van der Waals surface area contributed by atoms with Gasteiger partial charge in [0.1, 0.15) is 5.15 Å². The fourth-order valence-corrected chi connectivity index (χ4v) is 2.12. The first kappa shape index (κ1) is 9.10. The van der Waals surface area contributed by atoms with Gasteiger partial charge in [-0.05, 0) is 37.1 Å². The molecule has 0 radical (unpaired) electrons. The van der Waals surface area contributed by atoms with E-state index >= 15 is 0 Å². The second kappa shape index (κ2) is 3.03. The Labute approximate surface area is 90.2 Å². The van der Waals surface area contributed by atoms with Gasteiger partial charge in [0.25, 0.3) is 0 Å². The fourth-order valence-electron chi connectivity index (χ4n) is 1.60. The summed E-state index contributed by atoms with van der Waals surface area (Å²) >= 11 is 9.51. The van der Waals surface area contributed by atoms with Crippen LogP contribution in [0.4, 0.5) is 0 Å². The van der Waals surface area contributed by atoms with Crippen molar-refractivity contribution in [3.05, 3.63) is 32.9 Å². The lowest BCUT2D eigenvalue weighted by molar-refractivity contribution is 1.42. The first-order chi connectivity index (χ1) is 6.11. The number of H-pyrrole nitrogens is 1. The maximum Gasteiger partial charge on any atom is 0.110 e. The van der Waals surface area contributed by atoms with Crippen molar-refractivity contribution in [2.45, 2.75) is 13.8 Å². The number of hydrogen-bond acceptors (Lipinski definition) is 0. The van der Waals surface area contributed by atoms with Gasteiger partial charge in [0, 0.05) is 15.4 Å². The molecule has 1 nitrogen and oxygen atoms in total. The molecule has 68 valence electrons. The molecule has 0 aliphatic carbocycles. The minimum absolute atomic E-state index is 0.733. The zero-order valence-electron chi connectivity index (χ0n) is 7.41. The van der Waals surface area contributed by atoms with E-state index in [-0.39, 0.29) is 0 Å². The highest BCUT2D eigenvalue weighted by Gasteiger charge is 2.09. The van der Waals surface area contributed by atoms with Gasteiger partial charge in [-0.1, -0.05) is 27.5 Å². The molecular formula is C10H9BrClN. The van der Waals surface area contributed by atoms with Crippen LogP contribution in [0.25, 0.3) is 10.9 Å². The van der Waals surface area contributed by atoms with Crippen molar-refractivity contribution < 1.29 is 0 Å². The number of rotatable bonds is 0. The average molecular weight is 259 g/mol. The maximum atomic E-state index is 6.01. The minimum atomic E-state index is 0.733. The first-order valence-corrected chi connectivity index (χ1v) is 5.21. The molecule has 13 heavy (non-hydrogen) atoms. The van der Waals surface area contributed by atoms with Crippen LogP contribution in [0.5, 0.6) is 0 Å². The Morgan fingerprint density at radius 3 is 2.62 bits per heavy atom. The molecule has 3 heteroatoms. The standard InChI is InChI=1S/C10H9BrClN/c1-5-7(11)3-4-8-9(5)6(2)10(12)13-8/h3-4,13H,1-2H3. The molecule has 1 aromatic carbocycles. The molecule has 2 rings (SSSR count). The summed E-state index contributed by atoms with van der Waals surface area (Å²) in [6, 6.07) is 4.06. The molecule has 2 aromatic rings. The van der Waals surface area contributed by atoms with Crippen LogP contribution in [0, 0.1) is 13.8 Å².